The Morgan fingerprint density at radius 3 is 1.49 bits per heavy atom. The van der Waals surface area contributed by atoms with Crippen molar-refractivity contribution in [2.45, 2.75) is 0 Å². The van der Waals surface area contributed by atoms with Crippen LogP contribution in [0.5, 0.6) is 0 Å². The molecule has 11 nitrogen and oxygen atoms in total. The molecule has 2 saturated heterocycles. The topological polar surface area (TPSA) is 160 Å². The van der Waals surface area contributed by atoms with Crippen LogP contribution < -0.4 is 44.9 Å². The summed E-state index contributed by atoms with van der Waals surface area (Å²) in [5, 5.41) is 3.47. The lowest BCUT2D eigenvalue weighted by Gasteiger charge is -2.30. The summed E-state index contributed by atoms with van der Waals surface area (Å²) in [6, 6.07) is 31.6. The molecule has 0 spiro atoms. The molecule has 3 heterocycles. The van der Waals surface area contributed by atoms with E-state index >= 15 is 0 Å². The lowest BCUT2D eigenvalue weighted by atomic mass is 10.4. The van der Waals surface area contributed by atoms with Crippen molar-refractivity contribution in [2.24, 2.45) is 0 Å². The summed E-state index contributed by atoms with van der Waals surface area (Å²) >= 11 is 0. The van der Waals surface area contributed by atoms with Gasteiger partial charge in [-0.1, -0.05) is 54.6 Å². The molecule has 2 aliphatic rings. The number of ether oxygens (including phenoxy) is 2. The molecule has 3 aromatic carbocycles. The van der Waals surface area contributed by atoms with Crippen LogP contribution >= 0.6 is 7.26 Å². The van der Waals surface area contributed by atoms with Crippen LogP contribution in [-0.4, -0.2) is 68.4 Å². The van der Waals surface area contributed by atoms with E-state index in [1.807, 2.05) is 18.2 Å². The van der Waals surface area contributed by atoms with Crippen LogP contribution in [0, 0.1) is 10.2 Å². The van der Waals surface area contributed by atoms with E-state index in [1.165, 1.54) is 0 Å². The van der Waals surface area contributed by atoms with Crippen LogP contribution in [0.2, 0.25) is 0 Å². The van der Waals surface area contributed by atoms with E-state index in [-0.39, 0.29) is 11.8 Å². The van der Waals surface area contributed by atoms with Crippen LogP contribution in [0.1, 0.15) is 10.7 Å². The van der Waals surface area contributed by atoms with Gasteiger partial charge in [0.25, 0.3) is 17.2 Å². The van der Waals surface area contributed by atoms with Crippen molar-refractivity contribution in [1.82, 2.24) is 9.88 Å². The van der Waals surface area contributed by atoms with Gasteiger partial charge in [0.15, 0.2) is 7.26 Å². The fourth-order valence-corrected chi connectivity index (χ4v) is 9.46. The van der Waals surface area contributed by atoms with Gasteiger partial charge in [-0.3, -0.25) is 4.79 Å². The van der Waals surface area contributed by atoms with Gasteiger partial charge in [0.05, 0.1) is 26.4 Å². The lowest BCUT2D eigenvalue weighted by Crippen LogP contribution is -2.68. The molecule has 1 aromatic heterocycles. The van der Waals surface area contributed by atoms with Crippen LogP contribution in [0.15, 0.2) is 95.4 Å². The molecular formula is C30H31ClN3O8P. The Hall–Kier alpha value is -3.38. The van der Waals surface area contributed by atoms with Gasteiger partial charge in [-0.05, 0) is 36.4 Å². The van der Waals surface area contributed by atoms with Crippen LogP contribution in [-0.2, 0) is 9.47 Å². The van der Waals surface area contributed by atoms with Gasteiger partial charge in [-0.15, -0.1) is 10.2 Å². The summed E-state index contributed by atoms with van der Waals surface area (Å²) in [6.45, 7) is 4.63. The fraction of sp³-hybridized carbons (Fsp3) is 0.267. The second-order valence-electron chi connectivity index (χ2n) is 9.71. The molecular weight excluding hydrogens is 597 g/mol. The molecule has 13 heteroatoms. The maximum absolute atomic E-state index is 13.7. The smallest absolute Gasteiger partial charge is 0.310 e. The third-order valence-electron chi connectivity index (χ3n) is 7.12. The number of carbonyl (C=O) groups excluding carboxylic acids is 1. The minimum absolute atomic E-state index is 0.135. The number of rotatable bonds is 6. The predicted octanol–water partition coefficient (Wildman–Crippen LogP) is -2.15. The molecule has 0 atom stereocenters. The van der Waals surface area contributed by atoms with E-state index in [0.29, 0.717) is 58.5 Å². The molecule has 0 bridgehead atoms. The van der Waals surface area contributed by atoms with Gasteiger partial charge >= 0.3 is 5.91 Å². The molecule has 0 unspecified atom stereocenters. The number of amides is 1. The highest BCUT2D eigenvalue weighted by molar-refractivity contribution is 8.01. The third-order valence-corrected chi connectivity index (χ3v) is 11.3. The molecule has 6 rings (SSSR count). The SMILES string of the molecule is O=C(c1nc([P+](c2ccccc2)(c2ccccc2)c2ccccc2)c(N2CCOCC2)o1)N1CCOCC1.[O-][Cl+3]([O-])([O-])[O-]. The largest absolute Gasteiger partial charge is 0.412 e. The summed E-state index contributed by atoms with van der Waals surface area (Å²) in [7, 11) is -7.50. The van der Waals surface area contributed by atoms with E-state index in [2.05, 4.69) is 77.7 Å². The van der Waals surface area contributed by atoms with Crippen LogP contribution in [0.4, 0.5) is 5.88 Å². The average Bonchev–Trinajstić information content (AvgIpc) is 3.48. The number of halogens is 1. The van der Waals surface area contributed by atoms with E-state index < -0.39 is 17.5 Å². The minimum Gasteiger partial charge on any atom is -0.412 e. The van der Waals surface area contributed by atoms with Crippen molar-refractivity contribution in [3.05, 3.63) is 96.9 Å². The van der Waals surface area contributed by atoms with Gasteiger partial charge in [-0.25, -0.2) is 18.6 Å². The van der Waals surface area contributed by atoms with Gasteiger partial charge in [0.2, 0.25) is 0 Å². The number of morpholine rings is 2. The van der Waals surface area contributed by atoms with Crippen LogP contribution in [0.3, 0.4) is 0 Å². The van der Waals surface area contributed by atoms with Crippen molar-refractivity contribution in [3.63, 3.8) is 0 Å². The Morgan fingerprint density at radius 2 is 1.07 bits per heavy atom. The zero-order chi connectivity index (χ0) is 30.3. The first kappa shape index (κ1) is 31.1. The number of oxazole rings is 1. The maximum atomic E-state index is 13.7. The zero-order valence-corrected chi connectivity index (χ0v) is 24.9. The number of aromatic nitrogens is 1. The Morgan fingerprint density at radius 1 is 0.674 bits per heavy atom. The summed E-state index contributed by atoms with van der Waals surface area (Å²) in [6.07, 6.45) is 0. The Kier molecular flexibility index (Phi) is 10.1. The zero-order valence-electron chi connectivity index (χ0n) is 23.2. The first-order chi connectivity index (χ1) is 20.8. The van der Waals surface area contributed by atoms with E-state index in [1.54, 1.807) is 4.90 Å². The molecule has 2 aliphatic heterocycles. The predicted molar refractivity (Wildman–Crippen MR) is 151 cm³/mol. The van der Waals surface area contributed by atoms with Crippen molar-refractivity contribution in [1.29, 1.82) is 0 Å². The summed E-state index contributed by atoms with van der Waals surface area (Å²) in [4.78, 5) is 22.8. The van der Waals surface area contributed by atoms with Crippen LogP contribution in [0.25, 0.3) is 0 Å². The molecule has 4 aromatic rings. The number of nitrogens with zero attached hydrogens (tertiary/aromatic N) is 3. The first-order valence-electron chi connectivity index (χ1n) is 13.7. The average molecular weight is 628 g/mol. The molecule has 0 aliphatic carbocycles. The third kappa shape index (κ3) is 7.23. The van der Waals surface area contributed by atoms with Crippen molar-refractivity contribution < 1.29 is 47.6 Å². The van der Waals surface area contributed by atoms with Gasteiger partial charge in [0, 0.05) is 26.2 Å². The Balaban J connectivity index is 0.000000682. The van der Waals surface area contributed by atoms with Crippen molar-refractivity contribution in [2.75, 3.05) is 57.5 Å². The highest BCUT2D eigenvalue weighted by Crippen LogP contribution is 2.56. The minimum atomic E-state index is -4.94. The van der Waals surface area contributed by atoms with E-state index in [4.69, 9.17) is 37.5 Å². The highest BCUT2D eigenvalue weighted by atomic mass is 35.7. The molecule has 0 saturated carbocycles. The molecule has 0 N–H and O–H groups in total. The first-order valence-corrected chi connectivity index (χ1v) is 16.7. The lowest BCUT2D eigenvalue weighted by molar-refractivity contribution is -2.00. The summed E-state index contributed by atoms with van der Waals surface area (Å²) < 4.78 is 51.6. The maximum Gasteiger partial charge on any atom is 0.310 e. The van der Waals surface area contributed by atoms with E-state index in [9.17, 15) is 4.79 Å². The Bertz CT molecular complexity index is 1360. The van der Waals surface area contributed by atoms with Crippen molar-refractivity contribution in [3.8, 4) is 0 Å². The second kappa shape index (κ2) is 13.9. The monoisotopic (exact) mass is 627 g/mol. The molecule has 226 valence electrons. The molecule has 2 fully saturated rings. The fourth-order valence-electron chi connectivity index (χ4n) is 5.26. The highest BCUT2D eigenvalue weighted by Gasteiger charge is 2.54. The Labute approximate surface area is 252 Å². The molecule has 1 amide bonds. The summed E-state index contributed by atoms with van der Waals surface area (Å²) in [5.74, 6) is 0.603. The number of carbonyl (C=O) groups is 1. The van der Waals surface area contributed by atoms with E-state index in [0.717, 1.165) is 21.3 Å². The normalized spacial score (nSPS) is 15.9. The van der Waals surface area contributed by atoms with Crippen molar-refractivity contribution >= 4 is 40.4 Å². The van der Waals surface area contributed by atoms with Gasteiger partial charge < -0.3 is 23.7 Å². The number of benzene rings is 3. The van der Waals surface area contributed by atoms with Gasteiger partial charge in [0.1, 0.15) is 15.9 Å². The molecule has 43 heavy (non-hydrogen) atoms. The second-order valence-corrected chi connectivity index (χ2v) is 13.8. The quantitative estimate of drug-likeness (QED) is 0.216. The summed E-state index contributed by atoms with van der Waals surface area (Å²) in [5.41, 5.74) is 0.819. The standard InChI is InChI=1S/C30H31N3O4P.ClHO4/c34-29(32-16-20-35-21-17-32)27-31-28(30(37-27)33-18-22-36-23-19-33)38(24-10-4-1-5-11-24,25-12-6-2-7-13-25)26-14-8-3-9-15-26;2-1(3,4)5/h1-15H,16-23H2;(H,2,3,4,5)/q+1;/p-1. The number of hydrogen-bond acceptors (Lipinski definition) is 10. The number of anilines is 1. The van der Waals surface area contributed by atoms with Gasteiger partial charge in [-0.2, -0.15) is 4.98 Å². The number of hydrogen-bond donors (Lipinski definition) is 0. The molecule has 0 radical (unpaired) electrons.